The van der Waals surface area contributed by atoms with Gasteiger partial charge >= 0.3 is 5.97 Å². The van der Waals surface area contributed by atoms with Crippen LogP contribution in [0.5, 0.6) is 0 Å². The predicted molar refractivity (Wildman–Crippen MR) is 95.6 cm³/mol. The highest BCUT2D eigenvalue weighted by Crippen LogP contribution is 2.06. The van der Waals surface area contributed by atoms with Crippen molar-refractivity contribution in [2.24, 2.45) is 23.1 Å². The Hall–Kier alpha value is -2.20. The third kappa shape index (κ3) is 9.33. The fourth-order valence-corrected chi connectivity index (χ4v) is 2.24. The molecule has 9 N–H and O–H groups in total. The van der Waals surface area contributed by atoms with Crippen molar-refractivity contribution in [2.75, 3.05) is 6.54 Å². The summed E-state index contributed by atoms with van der Waals surface area (Å²) < 4.78 is 0. The molecule has 0 aliphatic heterocycles. The first kappa shape index (κ1) is 23.8. The molecule has 26 heavy (non-hydrogen) atoms. The van der Waals surface area contributed by atoms with Crippen molar-refractivity contribution in [3.8, 4) is 0 Å². The van der Waals surface area contributed by atoms with Crippen LogP contribution in [-0.2, 0) is 19.2 Å². The second-order valence-corrected chi connectivity index (χ2v) is 6.53. The first-order valence-electron chi connectivity index (χ1n) is 8.67. The highest BCUT2D eigenvalue weighted by molar-refractivity contribution is 5.92. The molecule has 10 heteroatoms. The van der Waals surface area contributed by atoms with Crippen LogP contribution in [0, 0.1) is 5.92 Å². The van der Waals surface area contributed by atoms with Crippen molar-refractivity contribution in [3.63, 3.8) is 0 Å². The number of unbranched alkanes of at least 4 members (excludes halogenated alkanes) is 1. The monoisotopic (exact) mass is 373 g/mol. The van der Waals surface area contributed by atoms with E-state index >= 15 is 0 Å². The fraction of sp³-hybridized carbons (Fsp3) is 0.750. The smallest absolute Gasteiger partial charge is 0.326 e. The van der Waals surface area contributed by atoms with Crippen LogP contribution in [0.2, 0.25) is 0 Å². The lowest BCUT2D eigenvalue weighted by Gasteiger charge is -2.24. The van der Waals surface area contributed by atoms with E-state index < -0.39 is 41.8 Å². The molecule has 3 atom stereocenters. The Morgan fingerprint density at radius 2 is 1.62 bits per heavy atom. The minimum Gasteiger partial charge on any atom is -0.480 e. The first-order valence-corrected chi connectivity index (χ1v) is 8.67. The summed E-state index contributed by atoms with van der Waals surface area (Å²) in [7, 11) is 0. The van der Waals surface area contributed by atoms with Gasteiger partial charge in [0.2, 0.25) is 17.7 Å². The van der Waals surface area contributed by atoms with Crippen LogP contribution in [0.25, 0.3) is 0 Å². The number of primary amides is 1. The maximum Gasteiger partial charge on any atom is 0.326 e. The Bertz CT molecular complexity index is 497. The molecule has 3 amide bonds. The molecule has 0 aliphatic carbocycles. The summed E-state index contributed by atoms with van der Waals surface area (Å²) in [5.41, 5.74) is 16.2. The molecule has 0 radical (unpaired) electrons. The van der Waals surface area contributed by atoms with E-state index in [-0.39, 0.29) is 18.8 Å². The van der Waals surface area contributed by atoms with Crippen molar-refractivity contribution in [3.05, 3.63) is 0 Å². The van der Waals surface area contributed by atoms with Crippen molar-refractivity contribution >= 4 is 23.7 Å². The van der Waals surface area contributed by atoms with E-state index in [1.807, 2.05) is 0 Å². The summed E-state index contributed by atoms with van der Waals surface area (Å²) >= 11 is 0. The van der Waals surface area contributed by atoms with Gasteiger partial charge in [0.25, 0.3) is 0 Å². The van der Waals surface area contributed by atoms with E-state index in [4.69, 9.17) is 17.2 Å². The van der Waals surface area contributed by atoms with E-state index in [0.29, 0.717) is 25.8 Å². The number of carbonyl (C=O) groups excluding carboxylic acids is 3. The standard InChI is InChI=1S/C16H31N5O5/c1-9(2)13(16(25)26)21-15(24)11(5-3-4-8-17)20-14(23)10(18)6-7-12(19)22/h9-11,13H,3-8,17-18H2,1-2H3,(H2,19,22)(H,20,23)(H,21,24)(H,25,26). The maximum atomic E-state index is 12.4. The number of amides is 3. The molecular weight excluding hydrogens is 342 g/mol. The van der Waals surface area contributed by atoms with E-state index in [1.165, 1.54) is 0 Å². The number of rotatable bonds is 13. The first-order chi connectivity index (χ1) is 12.1. The van der Waals surface area contributed by atoms with Gasteiger partial charge in [-0.25, -0.2) is 4.79 Å². The summed E-state index contributed by atoms with van der Waals surface area (Å²) in [4.78, 5) is 46.6. The zero-order valence-electron chi connectivity index (χ0n) is 15.4. The molecule has 0 aromatic heterocycles. The minimum absolute atomic E-state index is 0.0486. The Morgan fingerprint density at radius 3 is 2.08 bits per heavy atom. The zero-order valence-corrected chi connectivity index (χ0v) is 15.4. The van der Waals surface area contributed by atoms with Gasteiger partial charge in [0, 0.05) is 6.42 Å². The molecule has 150 valence electrons. The molecule has 0 bridgehead atoms. The van der Waals surface area contributed by atoms with Crippen LogP contribution in [0.3, 0.4) is 0 Å². The number of carboxylic acid groups (broad SMARTS) is 1. The fourth-order valence-electron chi connectivity index (χ4n) is 2.24. The van der Waals surface area contributed by atoms with Crippen LogP contribution in [-0.4, -0.2) is 53.5 Å². The van der Waals surface area contributed by atoms with E-state index in [0.717, 1.165) is 0 Å². The van der Waals surface area contributed by atoms with Gasteiger partial charge in [-0.15, -0.1) is 0 Å². The number of nitrogens with two attached hydrogens (primary N) is 3. The average molecular weight is 373 g/mol. The SMILES string of the molecule is CC(C)C(NC(=O)C(CCCCN)NC(=O)C(N)CCC(N)=O)C(=O)O. The van der Waals surface area contributed by atoms with Crippen LogP contribution in [0.1, 0.15) is 46.0 Å². The Kier molecular flexibility index (Phi) is 11.2. The quantitative estimate of drug-likeness (QED) is 0.210. The topological polar surface area (TPSA) is 191 Å². The van der Waals surface area contributed by atoms with Gasteiger partial charge in [-0.05, 0) is 38.1 Å². The maximum absolute atomic E-state index is 12.4. The number of hydrogen-bond donors (Lipinski definition) is 6. The number of carboxylic acids is 1. The van der Waals surface area contributed by atoms with E-state index in [9.17, 15) is 24.3 Å². The lowest BCUT2D eigenvalue weighted by Crippen LogP contribution is -2.55. The van der Waals surface area contributed by atoms with Crippen molar-refractivity contribution in [1.82, 2.24) is 10.6 Å². The highest BCUT2D eigenvalue weighted by Gasteiger charge is 2.29. The van der Waals surface area contributed by atoms with Gasteiger partial charge in [-0.2, -0.15) is 0 Å². The molecule has 10 nitrogen and oxygen atoms in total. The summed E-state index contributed by atoms with van der Waals surface area (Å²) in [6.07, 6.45) is 1.53. The molecule has 0 aromatic rings. The lowest BCUT2D eigenvalue weighted by molar-refractivity contribution is -0.143. The van der Waals surface area contributed by atoms with Crippen molar-refractivity contribution < 1.29 is 24.3 Å². The summed E-state index contributed by atoms with van der Waals surface area (Å²) in [6, 6.07) is -3.00. The molecule has 3 unspecified atom stereocenters. The number of hydrogen-bond acceptors (Lipinski definition) is 6. The number of aliphatic carboxylic acids is 1. The summed E-state index contributed by atoms with van der Waals surface area (Å²) in [6.45, 7) is 3.77. The van der Waals surface area contributed by atoms with Gasteiger partial charge in [0.1, 0.15) is 12.1 Å². The zero-order chi connectivity index (χ0) is 20.3. The normalized spacial score (nSPS) is 14.3. The van der Waals surface area contributed by atoms with Gasteiger partial charge in [0.15, 0.2) is 0 Å². The highest BCUT2D eigenvalue weighted by atomic mass is 16.4. The Labute approximate surface area is 153 Å². The Morgan fingerprint density at radius 1 is 1.00 bits per heavy atom. The van der Waals surface area contributed by atoms with Crippen LogP contribution in [0.4, 0.5) is 0 Å². The van der Waals surface area contributed by atoms with Crippen molar-refractivity contribution in [2.45, 2.75) is 64.1 Å². The minimum atomic E-state index is -1.15. The molecule has 0 heterocycles. The molecule has 0 fully saturated rings. The van der Waals surface area contributed by atoms with Crippen LogP contribution >= 0.6 is 0 Å². The van der Waals surface area contributed by atoms with Gasteiger partial charge in [0.05, 0.1) is 6.04 Å². The van der Waals surface area contributed by atoms with E-state index in [1.54, 1.807) is 13.8 Å². The van der Waals surface area contributed by atoms with Gasteiger partial charge in [-0.3, -0.25) is 14.4 Å². The summed E-state index contributed by atoms with van der Waals surface area (Å²) in [5, 5.41) is 14.2. The number of carbonyl (C=O) groups is 4. The van der Waals surface area contributed by atoms with E-state index in [2.05, 4.69) is 10.6 Å². The largest absolute Gasteiger partial charge is 0.480 e. The molecule has 0 spiro atoms. The molecule has 0 rings (SSSR count). The average Bonchev–Trinajstić information content (AvgIpc) is 2.55. The second kappa shape index (κ2) is 12.2. The predicted octanol–water partition coefficient (Wildman–Crippen LogP) is -1.58. The molecule has 0 aromatic carbocycles. The summed E-state index contributed by atoms with van der Waals surface area (Å²) in [5.74, 6) is -3.26. The van der Waals surface area contributed by atoms with Crippen molar-refractivity contribution in [1.29, 1.82) is 0 Å². The van der Waals surface area contributed by atoms with Crippen LogP contribution in [0.15, 0.2) is 0 Å². The Balaban J connectivity index is 4.96. The molecule has 0 aliphatic rings. The van der Waals surface area contributed by atoms with Gasteiger partial charge < -0.3 is 32.9 Å². The molecular formula is C16H31N5O5. The molecule has 0 saturated heterocycles. The third-order valence-corrected chi connectivity index (χ3v) is 3.85. The third-order valence-electron chi connectivity index (χ3n) is 3.85. The number of nitrogens with one attached hydrogen (secondary N) is 2. The molecule has 0 saturated carbocycles. The second-order valence-electron chi connectivity index (χ2n) is 6.53. The van der Waals surface area contributed by atoms with Crippen LogP contribution < -0.4 is 27.8 Å². The lowest BCUT2D eigenvalue weighted by atomic mass is 10.0. The van der Waals surface area contributed by atoms with Gasteiger partial charge in [-0.1, -0.05) is 13.8 Å².